The summed E-state index contributed by atoms with van der Waals surface area (Å²) >= 11 is 7.40. The molecule has 0 unspecified atom stereocenters. The average Bonchev–Trinajstić information content (AvgIpc) is 3.33. The van der Waals surface area contributed by atoms with Gasteiger partial charge in [0.15, 0.2) is 0 Å². The Kier molecular flexibility index (Phi) is 5.06. The zero-order valence-corrected chi connectivity index (χ0v) is 19.1. The van der Waals surface area contributed by atoms with Crippen molar-refractivity contribution in [2.24, 2.45) is 23.7 Å². The highest BCUT2D eigenvalue weighted by molar-refractivity contribution is 9.12. The number of halogens is 2. The predicted octanol–water partition coefficient (Wildman–Crippen LogP) is 4.12. The maximum Gasteiger partial charge on any atom is 0.315 e. The average molecular weight is 533 g/mol. The number of imide groups is 1. The minimum Gasteiger partial charge on any atom is -0.426 e. The normalized spacial score (nSPS) is 31.9. The van der Waals surface area contributed by atoms with E-state index < -0.39 is 5.97 Å². The first kappa shape index (κ1) is 19.9. The number of benzene rings is 2. The van der Waals surface area contributed by atoms with Crippen molar-refractivity contribution >= 4 is 55.3 Å². The number of anilines is 1. The minimum absolute atomic E-state index is 0.144. The molecule has 3 aliphatic rings. The highest BCUT2D eigenvalue weighted by Gasteiger charge is 2.66. The summed E-state index contributed by atoms with van der Waals surface area (Å²) in [7, 11) is 0. The summed E-state index contributed by atoms with van der Waals surface area (Å²) < 4.78 is 5.47. The fourth-order valence-electron chi connectivity index (χ4n) is 5.22. The number of alkyl halides is 2. The summed E-state index contributed by atoms with van der Waals surface area (Å²) in [6.07, 6.45) is 1.04. The monoisotopic (exact) mass is 531 g/mol. The van der Waals surface area contributed by atoms with Crippen LogP contribution in [0.2, 0.25) is 0 Å². The minimum atomic E-state index is -0.392. The largest absolute Gasteiger partial charge is 0.426 e. The van der Waals surface area contributed by atoms with E-state index in [1.165, 1.54) is 4.90 Å². The molecule has 1 saturated heterocycles. The molecule has 2 amide bonds. The van der Waals surface area contributed by atoms with E-state index in [0.717, 1.165) is 12.0 Å². The molecule has 2 bridgehead atoms. The molecule has 0 spiro atoms. The standard InChI is InChI=1S/C23H19Br2NO4/c24-20-15-11-16(21(20)25)19-18(15)22(28)26(23(19)29)13-7-4-8-14(10-13)30-17(27)9-12-5-2-1-3-6-12/h1-8,10,15-16,18-21H,9,11H2/t15-,16+,18-,19-,20-,21+/m0/s1. The quantitative estimate of drug-likeness (QED) is 0.257. The van der Waals surface area contributed by atoms with Crippen LogP contribution in [0.4, 0.5) is 5.69 Å². The van der Waals surface area contributed by atoms with Gasteiger partial charge >= 0.3 is 5.97 Å². The fourth-order valence-corrected chi connectivity index (χ4v) is 7.09. The van der Waals surface area contributed by atoms with E-state index in [1.54, 1.807) is 24.3 Å². The molecule has 30 heavy (non-hydrogen) atoms. The van der Waals surface area contributed by atoms with Crippen molar-refractivity contribution < 1.29 is 19.1 Å². The molecule has 0 N–H and O–H groups in total. The molecule has 2 aliphatic carbocycles. The third kappa shape index (κ3) is 3.14. The molecular weight excluding hydrogens is 514 g/mol. The lowest BCUT2D eigenvalue weighted by Crippen LogP contribution is -2.37. The Balaban J connectivity index is 1.35. The molecule has 1 heterocycles. The van der Waals surface area contributed by atoms with Gasteiger partial charge in [-0.25, -0.2) is 4.90 Å². The highest BCUT2D eigenvalue weighted by atomic mass is 79.9. The van der Waals surface area contributed by atoms with Crippen molar-refractivity contribution in [3.05, 3.63) is 60.2 Å². The maximum absolute atomic E-state index is 13.2. The highest BCUT2D eigenvalue weighted by Crippen LogP contribution is 2.60. The van der Waals surface area contributed by atoms with Gasteiger partial charge in [-0.2, -0.15) is 0 Å². The lowest BCUT2D eigenvalue weighted by atomic mass is 9.81. The summed E-state index contributed by atoms with van der Waals surface area (Å²) in [6.45, 7) is 0. The number of fused-ring (bicyclic) bond motifs is 5. The van der Waals surface area contributed by atoms with Gasteiger partial charge in [0.25, 0.3) is 0 Å². The summed E-state index contributed by atoms with van der Waals surface area (Å²) in [6, 6.07) is 16.0. The van der Waals surface area contributed by atoms with Crippen molar-refractivity contribution in [2.75, 3.05) is 4.90 Å². The molecule has 6 atom stereocenters. The molecule has 2 aromatic carbocycles. The Hall–Kier alpha value is -1.99. The fraction of sp³-hybridized carbons (Fsp3) is 0.348. The number of ether oxygens (including phenoxy) is 1. The lowest BCUT2D eigenvalue weighted by Gasteiger charge is -2.28. The van der Waals surface area contributed by atoms with Crippen LogP contribution in [-0.2, 0) is 20.8 Å². The molecular formula is C23H19Br2NO4. The molecule has 2 saturated carbocycles. The molecule has 7 heteroatoms. The predicted molar refractivity (Wildman–Crippen MR) is 119 cm³/mol. The van der Waals surface area contributed by atoms with Gasteiger partial charge in [0.1, 0.15) is 5.75 Å². The second-order valence-corrected chi connectivity index (χ2v) is 10.3. The Morgan fingerprint density at radius 2 is 1.57 bits per heavy atom. The van der Waals surface area contributed by atoms with Crippen LogP contribution in [0, 0.1) is 23.7 Å². The number of esters is 1. The molecule has 0 radical (unpaired) electrons. The van der Waals surface area contributed by atoms with Crippen LogP contribution in [0.3, 0.4) is 0 Å². The number of carbonyl (C=O) groups excluding carboxylic acids is 3. The van der Waals surface area contributed by atoms with Gasteiger partial charge in [0.05, 0.1) is 23.9 Å². The van der Waals surface area contributed by atoms with E-state index >= 15 is 0 Å². The lowest BCUT2D eigenvalue weighted by molar-refractivity contribution is -0.133. The first-order valence-electron chi connectivity index (χ1n) is 9.96. The summed E-state index contributed by atoms with van der Waals surface area (Å²) in [4.78, 5) is 40.3. The van der Waals surface area contributed by atoms with E-state index in [2.05, 4.69) is 31.9 Å². The number of rotatable bonds is 4. The van der Waals surface area contributed by atoms with Crippen LogP contribution in [-0.4, -0.2) is 27.4 Å². The van der Waals surface area contributed by atoms with E-state index in [9.17, 15) is 14.4 Å². The SMILES string of the molecule is O=C(Cc1ccccc1)Oc1cccc(N2C(=O)[C@H]3[C@@H]4C[C@@H]([C@@H](Br)[C@H]4Br)[C@@H]3C2=O)c1. The zero-order chi connectivity index (χ0) is 21.0. The number of amides is 2. The molecule has 0 aromatic heterocycles. The molecule has 1 aliphatic heterocycles. The van der Waals surface area contributed by atoms with Gasteiger partial charge in [0, 0.05) is 15.7 Å². The van der Waals surface area contributed by atoms with E-state index in [-0.39, 0.29) is 51.6 Å². The number of hydrogen-bond donors (Lipinski definition) is 0. The van der Waals surface area contributed by atoms with Crippen molar-refractivity contribution in [2.45, 2.75) is 22.5 Å². The van der Waals surface area contributed by atoms with Crippen LogP contribution in [0.5, 0.6) is 5.75 Å². The molecule has 5 rings (SSSR count). The molecule has 2 aromatic rings. The number of carbonyl (C=O) groups is 3. The first-order chi connectivity index (χ1) is 14.5. The van der Waals surface area contributed by atoms with Gasteiger partial charge in [-0.1, -0.05) is 68.3 Å². The van der Waals surface area contributed by atoms with Crippen molar-refractivity contribution in [3.8, 4) is 5.75 Å². The summed E-state index contributed by atoms with van der Waals surface area (Å²) in [5.41, 5.74) is 1.32. The topological polar surface area (TPSA) is 63.7 Å². The Bertz CT molecular complexity index is 995. The van der Waals surface area contributed by atoms with Crippen molar-refractivity contribution in [3.63, 3.8) is 0 Å². The first-order valence-corrected chi connectivity index (χ1v) is 11.8. The summed E-state index contributed by atoms with van der Waals surface area (Å²) in [5, 5.41) is 0. The van der Waals surface area contributed by atoms with Crippen molar-refractivity contribution in [1.29, 1.82) is 0 Å². The number of hydrogen-bond acceptors (Lipinski definition) is 4. The zero-order valence-electron chi connectivity index (χ0n) is 15.9. The van der Waals surface area contributed by atoms with Gasteiger partial charge in [-0.15, -0.1) is 0 Å². The molecule has 154 valence electrons. The third-order valence-corrected chi connectivity index (χ3v) is 9.69. The Labute approximate surface area is 191 Å². The van der Waals surface area contributed by atoms with Gasteiger partial charge < -0.3 is 4.74 Å². The Morgan fingerprint density at radius 1 is 0.933 bits per heavy atom. The van der Waals surface area contributed by atoms with Crippen LogP contribution in [0.1, 0.15) is 12.0 Å². The van der Waals surface area contributed by atoms with E-state index in [1.807, 2.05) is 30.3 Å². The van der Waals surface area contributed by atoms with Crippen LogP contribution < -0.4 is 9.64 Å². The molecule has 3 fully saturated rings. The van der Waals surface area contributed by atoms with Crippen LogP contribution >= 0.6 is 31.9 Å². The van der Waals surface area contributed by atoms with Crippen LogP contribution in [0.25, 0.3) is 0 Å². The van der Waals surface area contributed by atoms with Crippen LogP contribution in [0.15, 0.2) is 54.6 Å². The smallest absolute Gasteiger partial charge is 0.315 e. The maximum atomic E-state index is 13.2. The Morgan fingerprint density at radius 3 is 2.20 bits per heavy atom. The summed E-state index contributed by atoms with van der Waals surface area (Å²) in [5.74, 6) is -0.573. The van der Waals surface area contributed by atoms with E-state index in [4.69, 9.17) is 4.74 Å². The third-order valence-electron chi connectivity index (χ3n) is 6.49. The van der Waals surface area contributed by atoms with Gasteiger partial charge in [0.2, 0.25) is 11.8 Å². The molecule has 5 nitrogen and oxygen atoms in total. The second kappa shape index (κ2) is 7.61. The van der Waals surface area contributed by atoms with Crippen molar-refractivity contribution in [1.82, 2.24) is 0 Å². The van der Waals surface area contributed by atoms with Gasteiger partial charge in [-0.3, -0.25) is 14.4 Å². The van der Waals surface area contributed by atoms with E-state index in [0.29, 0.717) is 11.4 Å². The number of nitrogens with zero attached hydrogens (tertiary/aromatic N) is 1. The second-order valence-electron chi connectivity index (χ2n) is 8.15. The van der Waals surface area contributed by atoms with Gasteiger partial charge in [-0.05, 0) is 36.0 Å².